The summed E-state index contributed by atoms with van der Waals surface area (Å²) < 4.78 is 103. The highest BCUT2D eigenvalue weighted by Crippen LogP contribution is 2.55. The van der Waals surface area contributed by atoms with E-state index in [0.29, 0.717) is 31.9 Å². The summed E-state index contributed by atoms with van der Waals surface area (Å²) in [6.45, 7) is 2.93. The molecule has 1 aliphatic heterocycles. The Hall–Kier alpha value is -4.26. The first-order chi connectivity index (χ1) is 21.4. The highest BCUT2D eigenvalue weighted by molar-refractivity contribution is 8.19. The van der Waals surface area contributed by atoms with Crippen LogP contribution in [0.4, 0.5) is 29.0 Å². The second-order valence-corrected chi connectivity index (χ2v) is 14.1. The van der Waals surface area contributed by atoms with E-state index in [-0.39, 0.29) is 28.4 Å². The molecule has 19 nitrogen and oxygen atoms in total. The van der Waals surface area contributed by atoms with Gasteiger partial charge >= 0.3 is 5.69 Å². The summed E-state index contributed by atoms with van der Waals surface area (Å²) in [5, 5.41) is 20.9. The van der Waals surface area contributed by atoms with Crippen LogP contribution in [-0.4, -0.2) is 86.0 Å². The summed E-state index contributed by atoms with van der Waals surface area (Å²) in [5.74, 6) is -1.24. The number of fused-ring (bicyclic) bond motifs is 1. The molecule has 8 N–H and O–H groups in total. The minimum absolute atomic E-state index is 0.00671. The van der Waals surface area contributed by atoms with Crippen LogP contribution >= 0.6 is 10.9 Å². The molecule has 1 aliphatic rings. The Labute approximate surface area is 261 Å². The number of ether oxygens (including phenoxy) is 1. The summed E-state index contributed by atoms with van der Waals surface area (Å²) >= 11 is 0. The van der Waals surface area contributed by atoms with Gasteiger partial charge in [-0.2, -0.15) is 26.8 Å². The van der Waals surface area contributed by atoms with Crippen LogP contribution in [0.2, 0.25) is 0 Å². The topological polar surface area (TPSA) is 298 Å². The van der Waals surface area contributed by atoms with Gasteiger partial charge in [-0.25, -0.2) is 4.79 Å². The van der Waals surface area contributed by atoms with Gasteiger partial charge in [0, 0.05) is 18.5 Å². The van der Waals surface area contributed by atoms with Crippen molar-refractivity contribution in [1.29, 1.82) is 0 Å². The number of aryl methyl sites for hydroxylation is 1. The van der Waals surface area contributed by atoms with Gasteiger partial charge in [-0.05, 0) is 48.2 Å². The van der Waals surface area contributed by atoms with E-state index in [2.05, 4.69) is 30.5 Å². The standard InChI is InChI=1S/C24H25N7O12S3/c1-12-2-3-15(17(8-12)45(37,38)39)29-30-20-18(46(40,41)42)10-13-9-14(44(34,35)36)11-16(19(13)21(20)32)25-22-26-23(28-24(33)27-22)31-4-6-43-7-5-31/h2-3,8-11,32,40-42H,4-7H2,1H3,(H,34,35,36)(H,37,38,39)(H2,25,26,27,28,33). The van der Waals surface area contributed by atoms with Crippen molar-refractivity contribution >= 4 is 70.8 Å². The number of morpholine rings is 1. The maximum absolute atomic E-state index is 12.4. The number of anilines is 3. The van der Waals surface area contributed by atoms with Gasteiger partial charge in [0.05, 0.1) is 28.7 Å². The predicted molar refractivity (Wildman–Crippen MR) is 163 cm³/mol. The van der Waals surface area contributed by atoms with Crippen LogP contribution in [0.1, 0.15) is 5.56 Å². The second-order valence-electron chi connectivity index (χ2n) is 9.81. The smallest absolute Gasteiger partial charge is 0.351 e. The zero-order chi connectivity index (χ0) is 33.6. The molecule has 22 heteroatoms. The molecule has 0 bridgehead atoms. The van der Waals surface area contributed by atoms with E-state index in [0.717, 1.165) is 24.3 Å². The van der Waals surface area contributed by atoms with E-state index >= 15 is 0 Å². The van der Waals surface area contributed by atoms with Crippen LogP contribution in [0, 0.1) is 6.92 Å². The fourth-order valence-electron chi connectivity index (χ4n) is 4.49. The molecule has 0 atom stereocenters. The Bertz CT molecular complexity index is 2160. The summed E-state index contributed by atoms with van der Waals surface area (Å²) in [6, 6.07) is 6.20. The molecule has 0 spiro atoms. The Kier molecular flexibility index (Phi) is 8.75. The lowest BCUT2D eigenvalue weighted by atomic mass is 10.1. The zero-order valence-electron chi connectivity index (χ0n) is 23.4. The van der Waals surface area contributed by atoms with Gasteiger partial charge in [-0.3, -0.25) is 14.1 Å². The quantitative estimate of drug-likeness (QED) is 0.0965. The molecule has 46 heavy (non-hydrogen) atoms. The third-order valence-corrected chi connectivity index (χ3v) is 9.17. The summed E-state index contributed by atoms with van der Waals surface area (Å²) in [4.78, 5) is 22.1. The van der Waals surface area contributed by atoms with Crippen LogP contribution in [-0.2, 0) is 25.0 Å². The van der Waals surface area contributed by atoms with Crippen LogP contribution in [0.5, 0.6) is 5.75 Å². The summed E-state index contributed by atoms with van der Waals surface area (Å²) in [5.41, 5.74) is -1.98. The fraction of sp³-hybridized carbons (Fsp3) is 0.208. The fourth-order valence-corrected chi connectivity index (χ4v) is 6.42. The predicted octanol–water partition coefficient (Wildman–Crippen LogP) is 3.40. The van der Waals surface area contributed by atoms with Crippen molar-refractivity contribution < 1.29 is 49.4 Å². The minimum atomic E-state index is -4.93. The lowest BCUT2D eigenvalue weighted by molar-refractivity contribution is 0.122. The summed E-state index contributed by atoms with van der Waals surface area (Å²) in [6.07, 6.45) is 0. The number of rotatable bonds is 8. The van der Waals surface area contributed by atoms with Crippen LogP contribution < -0.4 is 15.9 Å². The molecule has 1 fully saturated rings. The van der Waals surface area contributed by atoms with E-state index in [1.807, 2.05) is 0 Å². The molecule has 0 unspecified atom stereocenters. The average molecular weight is 700 g/mol. The van der Waals surface area contributed by atoms with Gasteiger partial charge in [0.25, 0.3) is 20.2 Å². The minimum Gasteiger partial charge on any atom is -0.505 e. The SMILES string of the molecule is Cc1ccc(N=Nc2c(S(O)(O)O)cc3cc(S(=O)(=O)O)cc(Nc4nc(N5CCOCC5)nc(=O)[nH]4)c3c2O)c(S(=O)(=O)O)c1. The number of nitrogens with zero attached hydrogens (tertiary/aromatic N) is 5. The van der Waals surface area contributed by atoms with Crippen LogP contribution in [0.25, 0.3) is 10.8 Å². The number of azo groups is 1. The van der Waals surface area contributed by atoms with E-state index in [1.54, 1.807) is 4.90 Å². The van der Waals surface area contributed by atoms with Crippen LogP contribution in [0.3, 0.4) is 0 Å². The maximum atomic E-state index is 12.4. The molecule has 0 aliphatic carbocycles. The number of benzene rings is 3. The molecule has 1 aromatic heterocycles. The molecule has 0 saturated carbocycles. The second kappa shape index (κ2) is 12.2. The van der Waals surface area contributed by atoms with Crippen LogP contribution in [0.15, 0.2) is 66.1 Å². The number of aromatic nitrogens is 3. The van der Waals surface area contributed by atoms with Gasteiger partial charge in [0.2, 0.25) is 11.9 Å². The molecule has 2 heterocycles. The monoisotopic (exact) mass is 699 g/mol. The van der Waals surface area contributed by atoms with Gasteiger partial charge in [0.15, 0.2) is 5.75 Å². The zero-order valence-corrected chi connectivity index (χ0v) is 25.8. The van der Waals surface area contributed by atoms with E-state index in [1.165, 1.54) is 19.1 Å². The van der Waals surface area contributed by atoms with Gasteiger partial charge in [0.1, 0.15) is 27.1 Å². The van der Waals surface area contributed by atoms with Crippen molar-refractivity contribution in [2.45, 2.75) is 21.6 Å². The van der Waals surface area contributed by atoms with Crippen molar-refractivity contribution in [3.05, 3.63) is 52.4 Å². The highest BCUT2D eigenvalue weighted by Gasteiger charge is 2.28. The molecule has 4 aromatic rings. The highest BCUT2D eigenvalue weighted by atomic mass is 32.3. The van der Waals surface area contributed by atoms with Gasteiger partial charge in [-0.1, -0.05) is 6.07 Å². The largest absolute Gasteiger partial charge is 0.505 e. The van der Waals surface area contributed by atoms with Crippen molar-refractivity contribution in [2.75, 3.05) is 36.5 Å². The lowest BCUT2D eigenvalue weighted by Gasteiger charge is -2.26. The van der Waals surface area contributed by atoms with E-state index < -0.39 is 68.6 Å². The lowest BCUT2D eigenvalue weighted by Crippen LogP contribution is -2.38. The number of nitrogens with one attached hydrogen (secondary N) is 2. The van der Waals surface area contributed by atoms with E-state index in [9.17, 15) is 49.5 Å². The van der Waals surface area contributed by atoms with Gasteiger partial charge in [-0.15, -0.1) is 10.2 Å². The first kappa shape index (κ1) is 33.1. The van der Waals surface area contributed by atoms with Crippen molar-refractivity contribution in [3.63, 3.8) is 0 Å². The van der Waals surface area contributed by atoms with Crippen molar-refractivity contribution in [1.82, 2.24) is 15.0 Å². The Morgan fingerprint density at radius 1 is 0.913 bits per heavy atom. The third-order valence-electron chi connectivity index (χ3n) is 6.55. The number of hydrogen-bond donors (Lipinski definition) is 8. The molecule has 1 saturated heterocycles. The number of phenols is 1. The normalized spacial score (nSPS) is 15.0. The Morgan fingerprint density at radius 2 is 1.61 bits per heavy atom. The Morgan fingerprint density at radius 3 is 2.24 bits per heavy atom. The van der Waals surface area contributed by atoms with E-state index in [4.69, 9.17) is 4.74 Å². The molecule has 246 valence electrons. The molecule has 0 radical (unpaired) electrons. The molecule has 0 amide bonds. The van der Waals surface area contributed by atoms with Crippen molar-refractivity contribution in [2.24, 2.45) is 10.2 Å². The molecular formula is C24H25N7O12S3. The number of H-pyrrole nitrogens is 1. The number of aromatic hydroxyl groups is 1. The van der Waals surface area contributed by atoms with Gasteiger partial charge < -0.3 is 33.7 Å². The molecular weight excluding hydrogens is 675 g/mol. The summed E-state index contributed by atoms with van der Waals surface area (Å²) in [7, 11) is -14.5. The number of aromatic amines is 1. The molecule has 3 aromatic carbocycles. The number of phenolic OH excluding ortho intramolecular Hbond substituents is 1. The maximum Gasteiger partial charge on any atom is 0.351 e. The first-order valence-corrected chi connectivity index (χ1v) is 17.2. The number of hydrogen-bond acceptors (Lipinski definition) is 16. The molecule has 5 rings (SSSR count). The third kappa shape index (κ3) is 7.09. The first-order valence-electron chi connectivity index (χ1n) is 12.8. The van der Waals surface area contributed by atoms with Crippen molar-refractivity contribution in [3.8, 4) is 5.75 Å². The average Bonchev–Trinajstić information content (AvgIpc) is 2.95. The Balaban J connectivity index is 1.74.